The van der Waals surface area contributed by atoms with Gasteiger partial charge in [0.25, 0.3) is 0 Å². The van der Waals surface area contributed by atoms with E-state index < -0.39 is 12.2 Å². The van der Waals surface area contributed by atoms with E-state index in [4.69, 9.17) is 15.3 Å². The first-order valence-electron chi connectivity index (χ1n) is 2.84. The molecule has 0 aromatic carbocycles. The van der Waals surface area contributed by atoms with Crippen molar-refractivity contribution >= 4 is 11.8 Å². The monoisotopic (exact) mass is 150 g/mol. The van der Waals surface area contributed by atoms with Gasteiger partial charge < -0.3 is 15.3 Å². The van der Waals surface area contributed by atoms with E-state index >= 15 is 0 Å². The fraction of sp³-hybridized carbons (Fsp3) is 1.00. The first-order valence-corrected chi connectivity index (χ1v) is 3.89. The third-order valence-electron chi connectivity index (χ3n) is 1.44. The highest BCUT2D eigenvalue weighted by molar-refractivity contribution is 8.00. The molecular weight excluding hydrogens is 140 g/mol. The van der Waals surface area contributed by atoms with E-state index in [-0.39, 0.29) is 11.9 Å². The lowest BCUT2D eigenvalue weighted by Gasteiger charge is -2.11. The predicted molar refractivity (Wildman–Crippen MR) is 35.3 cm³/mol. The topological polar surface area (TPSA) is 60.7 Å². The van der Waals surface area contributed by atoms with Crippen molar-refractivity contribution in [1.82, 2.24) is 0 Å². The quantitative estimate of drug-likeness (QED) is 0.440. The molecule has 1 heterocycles. The minimum Gasteiger partial charge on any atom is -0.395 e. The molecular formula is C5H10O3S. The first kappa shape index (κ1) is 7.34. The molecule has 54 valence electrons. The molecule has 0 spiro atoms. The summed E-state index contributed by atoms with van der Waals surface area (Å²) in [7, 11) is 0. The maximum atomic E-state index is 9.03. The highest BCUT2D eigenvalue weighted by Gasteiger charge is 2.33. The lowest BCUT2D eigenvalue weighted by atomic mass is 10.2. The van der Waals surface area contributed by atoms with E-state index in [0.29, 0.717) is 5.75 Å². The Morgan fingerprint density at radius 1 is 1.44 bits per heavy atom. The molecule has 3 N–H and O–H groups in total. The number of rotatable bonds is 1. The lowest BCUT2D eigenvalue weighted by molar-refractivity contribution is 0.0326. The van der Waals surface area contributed by atoms with Gasteiger partial charge in [-0.1, -0.05) is 0 Å². The van der Waals surface area contributed by atoms with Crippen LogP contribution in [-0.4, -0.2) is 45.1 Å². The van der Waals surface area contributed by atoms with Gasteiger partial charge in [-0.3, -0.25) is 0 Å². The van der Waals surface area contributed by atoms with Crippen molar-refractivity contribution in [2.24, 2.45) is 0 Å². The molecule has 3 nitrogen and oxygen atoms in total. The minimum absolute atomic E-state index is 0.0527. The van der Waals surface area contributed by atoms with Crippen molar-refractivity contribution in [3.63, 3.8) is 0 Å². The van der Waals surface area contributed by atoms with Crippen LogP contribution in [0.1, 0.15) is 0 Å². The van der Waals surface area contributed by atoms with Crippen LogP contribution in [0.5, 0.6) is 0 Å². The molecule has 0 aliphatic carbocycles. The summed E-state index contributed by atoms with van der Waals surface area (Å²) in [6, 6.07) is 0. The van der Waals surface area contributed by atoms with E-state index in [1.54, 1.807) is 0 Å². The average molecular weight is 150 g/mol. The normalized spacial score (nSPS) is 43.7. The molecule has 0 amide bonds. The second kappa shape index (κ2) is 2.88. The zero-order valence-corrected chi connectivity index (χ0v) is 5.71. The third-order valence-corrected chi connectivity index (χ3v) is 2.83. The van der Waals surface area contributed by atoms with Crippen molar-refractivity contribution < 1.29 is 15.3 Å². The Hall–Kier alpha value is 0.230. The molecule has 1 aliphatic heterocycles. The second-order valence-electron chi connectivity index (χ2n) is 2.11. The average Bonchev–Trinajstić information content (AvgIpc) is 2.15. The van der Waals surface area contributed by atoms with Gasteiger partial charge in [-0.25, -0.2) is 0 Å². The molecule has 0 aromatic heterocycles. The van der Waals surface area contributed by atoms with Gasteiger partial charge >= 0.3 is 0 Å². The van der Waals surface area contributed by atoms with Crippen LogP contribution < -0.4 is 0 Å². The number of aliphatic hydroxyl groups excluding tert-OH is 3. The molecule has 4 heteroatoms. The van der Waals surface area contributed by atoms with Crippen molar-refractivity contribution in [2.45, 2.75) is 17.5 Å². The van der Waals surface area contributed by atoms with Gasteiger partial charge in [-0.15, -0.1) is 0 Å². The van der Waals surface area contributed by atoms with Crippen molar-refractivity contribution in [1.29, 1.82) is 0 Å². The van der Waals surface area contributed by atoms with Crippen LogP contribution in [-0.2, 0) is 0 Å². The van der Waals surface area contributed by atoms with E-state index in [1.807, 2.05) is 0 Å². The van der Waals surface area contributed by atoms with Crippen molar-refractivity contribution in [3.05, 3.63) is 0 Å². The smallest absolute Gasteiger partial charge is 0.0947 e. The summed E-state index contributed by atoms with van der Waals surface area (Å²) in [5.74, 6) is 0.534. The SMILES string of the molecule is OCC1SC[C@@H](O)[C@@H]1O. The minimum atomic E-state index is -0.736. The number of aliphatic hydroxyl groups is 3. The zero-order valence-electron chi connectivity index (χ0n) is 4.90. The van der Waals surface area contributed by atoms with Crippen LogP contribution in [0.15, 0.2) is 0 Å². The first-order chi connectivity index (χ1) is 4.25. The Morgan fingerprint density at radius 3 is 2.33 bits per heavy atom. The van der Waals surface area contributed by atoms with E-state index in [1.165, 1.54) is 11.8 Å². The molecule has 3 atom stereocenters. The molecule has 9 heavy (non-hydrogen) atoms. The molecule has 0 bridgehead atoms. The van der Waals surface area contributed by atoms with Gasteiger partial charge in [0.1, 0.15) is 0 Å². The van der Waals surface area contributed by atoms with Crippen molar-refractivity contribution in [3.8, 4) is 0 Å². The molecule has 1 fully saturated rings. The summed E-state index contributed by atoms with van der Waals surface area (Å²) < 4.78 is 0. The number of thioether (sulfide) groups is 1. The van der Waals surface area contributed by atoms with Crippen LogP contribution in [0, 0.1) is 0 Å². The maximum absolute atomic E-state index is 9.03. The van der Waals surface area contributed by atoms with Gasteiger partial charge in [-0.05, 0) is 0 Å². The zero-order chi connectivity index (χ0) is 6.85. The number of hydrogen-bond donors (Lipinski definition) is 3. The molecule has 1 rings (SSSR count). The standard InChI is InChI=1S/C5H10O3S/c6-1-4-5(8)3(7)2-9-4/h3-8H,1-2H2/t3-,4?,5+/m1/s1. The lowest BCUT2D eigenvalue weighted by Crippen LogP contribution is -2.30. The van der Waals surface area contributed by atoms with Gasteiger partial charge in [0, 0.05) is 5.75 Å². The highest BCUT2D eigenvalue weighted by atomic mass is 32.2. The molecule has 1 unspecified atom stereocenters. The summed E-state index contributed by atoms with van der Waals surface area (Å²) >= 11 is 1.41. The largest absolute Gasteiger partial charge is 0.395 e. The summed E-state index contributed by atoms with van der Waals surface area (Å²) in [6.45, 7) is -0.0527. The van der Waals surface area contributed by atoms with Crippen molar-refractivity contribution in [2.75, 3.05) is 12.4 Å². The molecule has 0 saturated carbocycles. The summed E-state index contributed by atoms with van der Waals surface area (Å²) in [6.07, 6.45) is -1.38. The summed E-state index contributed by atoms with van der Waals surface area (Å²) in [4.78, 5) is 0. The Bertz CT molecular complexity index is 98.2. The Labute approximate surface area is 57.7 Å². The van der Waals surface area contributed by atoms with E-state index in [0.717, 1.165) is 0 Å². The van der Waals surface area contributed by atoms with Crippen LogP contribution >= 0.6 is 11.8 Å². The van der Waals surface area contributed by atoms with E-state index in [9.17, 15) is 0 Å². The van der Waals surface area contributed by atoms with Crippen LogP contribution in [0.3, 0.4) is 0 Å². The third kappa shape index (κ3) is 1.38. The second-order valence-corrected chi connectivity index (χ2v) is 3.38. The fourth-order valence-electron chi connectivity index (χ4n) is 0.828. The van der Waals surface area contributed by atoms with Crippen LogP contribution in [0.2, 0.25) is 0 Å². The summed E-state index contributed by atoms with van der Waals surface area (Å²) in [5, 5.41) is 26.3. The van der Waals surface area contributed by atoms with Gasteiger partial charge in [0.05, 0.1) is 24.1 Å². The Kier molecular flexibility index (Phi) is 2.35. The predicted octanol–water partition coefficient (Wildman–Crippen LogP) is -1.18. The Morgan fingerprint density at radius 2 is 2.11 bits per heavy atom. The van der Waals surface area contributed by atoms with Gasteiger partial charge in [0.2, 0.25) is 0 Å². The fourth-order valence-corrected chi connectivity index (χ4v) is 1.95. The number of hydrogen-bond acceptors (Lipinski definition) is 4. The summed E-state index contributed by atoms with van der Waals surface area (Å²) in [5.41, 5.74) is 0. The van der Waals surface area contributed by atoms with Crippen LogP contribution in [0.25, 0.3) is 0 Å². The van der Waals surface area contributed by atoms with E-state index in [2.05, 4.69) is 0 Å². The molecule has 0 aromatic rings. The molecule has 1 aliphatic rings. The van der Waals surface area contributed by atoms with Gasteiger partial charge in [-0.2, -0.15) is 11.8 Å². The molecule has 0 radical (unpaired) electrons. The van der Waals surface area contributed by atoms with Crippen LogP contribution in [0.4, 0.5) is 0 Å². The Balaban J connectivity index is 2.41. The van der Waals surface area contributed by atoms with Gasteiger partial charge in [0.15, 0.2) is 0 Å². The maximum Gasteiger partial charge on any atom is 0.0947 e. The highest BCUT2D eigenvalue weighted by Crippen LogP contribution is 2.26. The molecule has 1 saturated heterocycles.